The summed E-state index contributed by atoms with van der Waals surface area (Å²) >= 11 is 7.64. The zero-order valence-electron chi connectivity index (χ0n) is 15.7. The van der Waals surface area contributed by atoms with Gasteiger partial charge in [-0.2, -0.15) is 11.8 Å². The van der Waals surface area contributed by atoms with Gasteiger partial charge in [-0.1, -0.05) is 11.6 Å². The minimum atomic E-state index is -0.0731. The zero-order valence-corrected chi connectivity index (χ0v) is 17.3. The number of methoxy groups -OCH3 is 2. The summed E-state index contributed by atoms with van der Waals surface area (Å²) in [5.41, 5.74) is 1.52. The van der Waals surface area contributed by atoms with E-state index in [9.17, 15) is 4.79 Å². The number of amides is 1. The summed E-state index contributed by atoms with van der Waals surface area (Å²) < 4.78 is 16.0. The lowest BCUT2D eigenvalue weighted by Gasteiger charge is -2.12. The van der Waals surface area contributed by atoms with E-state index in [2.05, 4.69) is 5.32 Å². The molecule has 0 aromatic heterocycles. The maximum Gasteiger partial charge on any atom is 0.234 e. The number of aryl methyl sites for hydroxylation is 1. The largest absolute Gasteiger partial charge is 0.497 e. The molecule has 7 heteroatoms. The molecule has 0 bridgehead atoms. The first-order chi connectivity index (χ1) is 13.0. The molecule has 0 saturated carbocycles. The van der Waals surface area contributed by atoms with Crippen LogP contribution < -0.4 is 19.5 Å². The van der Waals surface area contributed by atoms with Crippen LogP contribution in [0.4, 0.5) is 5.69 Å². The Morgan fingerprint density at radius 3 is 2.48 bits per heavy atom. The van der Waals surface area contributed by atoms with Crippen LogP contribution in [0.3, 0.4) is 0 Å². The molecule has 1 amide bonds. The Bertz CT molecular complexity index is 752. The molecular weight excluding hydrogens is 386 g/mol. The molecule has 5 nitrogen and oxygen atoms in total. The maximum atomic E-state index is 12.1. The highest BCUT2D eigenvalue weighted by Crippen LogP contribution is 2.31. The van der Waals surface area contributed by atoms with Gasteiger partial charge >= 0.3 is 0 Å². The van der Waals surface area contributed by atoms with Crippen molar-refractivity contribution in [2.75, 3.05) is 37.6 Å². The predicted molar refractivity (Wildman–Crippen MR) is 112 cm³/mol. The van der Waals surface area contributed by atoms with E-state index in [1.54, 1.807) is 32.0 Å². The second kappa shape index (κ2) is 10.9. The van der Waals surface area contributed by atoms with E-state index in [0.29, 0.717) is 28.8 Å². The van der Waals surface area contributed by atoms with Crippen molar-refractivity contribution in [1.29, 1.82) is 0 Å². The van der Waals surface area contributed by atoms with Gasteiger partial charge in [0.25, 0.3) is 0 Å². The van der Waals surface area contributed by atoms with Gasteiger partial charge in [0.15, 0.2) is 0 Å². The van der Waals surface area contributed by atoms with Crippen LogP contribution in [0.1, 0.15) is 12.0 Å². The van der Waals surface area contributed by atoms with Crippen LogP contribution in [-0.2, 0) is 4.79 Å². The number of carbonyl (C=O) groups is 1. The number of hydrogen-bond donors (Lipinski definition) is 1. The van der Waals surface area contributed by atoms with Gasteiger partial charge in [0.05, 0.1) is 32.3 Å². The second-order valence-corrected chi connectivity index (χ2v) is 7.29. The van der Waals surface area contributed by atoms with E-state index >= 15 is 0 Å². The van der Waals surface area contributed by atoms with E-state index in [-0.39, 0.29) is 5.91 Å². The molecule has 0 saturated heterocycles. The van der Waals surface area contributed by atoms with E-state index in [1.165, 1.54) is 0 Å². The fourth-order valence-electron chi connectivity index (χ4n) is 2.30. The Hall–Kier alpha value is -2.05. The fraction of sp³-hybridized carbons (Fsp3) is 0.350. The highest BCUT2D eigenvalue weighted by atomic mass is 35.5. The summed E-state index contributed by atoms with van der Waals surface area (Å²) in [6, 6.07) is 11.0. The van der Waals surface area contributed by atoms with Crippen LogP contribution in [0, 0.1) is 6.92 Å². The van der Waals surface area contributed by atoms with Crippen molar-refractivity contribution in [1.82, 2.24) is 0 Å². The van der Waals surface area contributed by atoms with Crippen molar-refractivity contribution in [3.05, 3.63) is 47.0 Å². The summed E-state index contributed by atoms with van der Waals surface area (Å²) in [5.74, 6) is 3.29. The van der Waals surface area contributed by atoms with Gasteiger partial charge in [0.1, 0.15) is 17.2 Å². The lowest BCUT2D eigenvalue weighted by atomic mass is 10.2. The van der Waals surface area contributed by atoms with Crippen LogP contribution >= 0.6 is 23.4 Å². The average molecular weight is 410 g/mol. The Labute approximate surface area is 169 Å². The number of anilines is 1. The minimum Gasteiger partial charge on any atom is -0.497 e. The molecule has 146 valence electrons. The maximum absolute atomic E-state index is 12.1. The lowest BCUT2D eigenvalue weighted by molar-refractivity contribution is -0.113. The number of ether oxygens (including phenoxy) is 3. The van der Waals surface area contributed by atoms with Crippen LogP contribution in [0.15, 0.2) is 36.4 Å². The second-order valence-electron chi connectivity index (χ2n) is 5.78. The molecule has 0 radical (unpaired) electrons. The van der Waals surface area contributed by atoms with Crippen LogP contribution in [0.25, 0.3) is 0 Å². The molecule has 0 aliphatic rings. The number of thioether (sulfide) groups is 1. The molecule has 2 aromatic carbocycles. The van der Waals surface area contributed by atoms with E-state index < -0.39 is 0 Å². The van der Waals surface area contributed by atoms with Gasteiger partial charge in [0.2, 0.25) is 5.91 Å². The van der Waals surface area contributed by atoms with Crippen LogP contribution in [-0.4, -0.2) is 38.2 Å². The van der Waals surface area contributed by atoms with Crippen molar-refractivity contribution in [2.24, 2.45) is 0 Å². The summed E-state index contributed by atoms with van der Waals surface area (Å²) in [6.45, 7) is 2.49. The molecule has 0 aliphatic carbocycles. The number of hydrogen-bond acceptors (Lipinski definition) is 5. The predicted octanol–water partition coefficient (Wildman–Crippen LogP) is 4.81. The molecule has 1 N–H and O–H groups in total. The highest BCUT2D eigenvalue weighted by molar-refractivity contribution is 7.99. The third-order valence-electron chi connectivity index (χ3n) is 3.75. The molecule has 2 rings (SSSR count). The first-order valence-electron chi connectivity index (χ1n) is 8.52. The average Bonchev–Trinajstić information content (AvgIpc) is 2.67. The Kier molecular flexibility index (Phi) is 8.61. The van der Waals surface area contributed by atoms with Crippen molar-refractivity contribution < 1.29 is 19.0 Å². The van der Waals surface area contributed by atoms with Crippen molar-refractivity contribution in [2.45, 2.75) is 13.3 Å². The molecule has 0 unspecified atom stereocenters. The minimum absolute atomic E-state index is 0.0731. The molecule has 0 atom stereocenters. The quantitative estimate of drug-likeness (QED) is 0.571. The fourth-order valence-corrected chi connectivity index (χ4v) is 3.18. The number of benzene rings is 2. The molecule has 27 heavy (non-hydrogen) atoms. The summed E-state index contributed by atoms with van der Waals surface area (Å²) in [6.07, 6.45) is 0.855. The van der Waals surface area contributed by atoms with E-state index in [4.69, 9.17) is 25.8 Å². The Balaban J connectivity index is 1.67. The van der Waals surface area contributed by atoms with E-state index in [0.717, 1.165) is 29.2 Å². The SMILES string of the molecule is COc1ccc(OCCCSCC(=O)Nc2cc(C)c(Cl)cc2OC)cc1. The number of carbonyl (C=O) groups excluding carboxylic acids is 1. The third-order valence-corrected chi connectivity index (χ3v) is 5.20. The normalized spacial score (nSPS) is 10.4. The van der Waals surface area contributed by atoms with Gasteiger partial charge < -0.3 is 19.5 Å². The van der Waals surface area contributed by atoms with Gasteiger partial charge in [-0.05, 0) is 55.0 Å². The number of halogens is 1. The molecule has 2 aromatic rings. The zero-order chi connectivity index (χ0) is 19.6. The monoisotopic (exact) mass is 409 g/mol. The van der Waals surface area contributed by atoms with Crippen molar-refractivity contribution >= 4 is 35.0 Å². The molecule has 0 heterocycles. The number of rotatable bonds is 10. The molecule has 0 fully saturated rings. The summed E-state index contributed by atoms with van der Waals surface area (Å²) in [7, 11) is 3.18. The first-order valence-corrected chi connectivity index (χ1v) is 10.1. The Morgan fingerprint density at radius 1 is 1.11 bits per heavy atom. The van der Waals surface area contributed by atoms with Gasteiger partial charge in [-0.25, -0.2) is 0 Å². The third kappa shape index (κ3) is 6.88. The van der Waals surface area contributed by atoms with Crippen molar-refractivity contribution in [3.63, 3.8) is 0 Å². The highest BCUT2D eigenvalue weighted by Gasteiger charge is 2.10. The Morgan fingerprint density at radius 2 is 1.81 bits per heavy atom. The summed E-state index contributed by atoms with van der Waals surface area (Å²) in [4.78, 5) is 12.1. The number of nitrogens with one attached hydrogen (secondary N) is 1. The standard InChI is InChI=1S/C20H24ClNO4S/c1-14-11-18(19(25-3)12-17(14)21)22-20(23)13-27-10-4-9-26-16-7-5-15(24-2)6-8-16/h5-8,11-12H,4,9-10,13H2,1-3H3,(H,22,23). The van der Waals surface area contributed by atoms with Crippen LogP contribution in [0.2, 0.25) is 5.02 Å². The summed E-state index contributed by atoms with van der Waals surface area (Å²) in [5, 5.41) is 3.48. The van der Waals surface area contributed by atoms with Gasteiger partial charge in [0, 0.05) is 11.1 Å². The first kappa shape index (κ1) is 21.3. The van der Waals surface area contributed by atoms with Gasteiger partial charge in [-0.3, -0.25) is 4.79 Å². The lowest BCUT2D eigenvalue weighted by Crippen LogP contribution is -2.15. The van der Waals surface area contributed by atoms with E-state index in [1.807, 2.05) is 37.3 Å². The van der Waals surface area contributed by atoms with Crippen molar-refractivity contribution in [3.8, 4) is 17.2 Å². The molecule has 0 aliphatic heterocycles. The molecular formula is C20H24ClNO4S. The van der Waals surface area contributed by atoms with Gasteiger partial charge in [-0.15, -0.1) is 0 Å². The van der Waals surface area contributed by atoms with Crippen LogP contribution in [0.5, 0.6) is 17.2 Å². The smallest absolute Gasteiger partial charge is 0.234 e. The molecule has 0 spiro atoms. The topological polar surface area (TPSA) is 56.8 Å².